The Labute approximate surface area is 180 Å². The molecular formula is C23H25N3O3S. The second-order valence-electron chi connectivity index (χ2n) is 6.87. The van der Waals surface area contributed by atoms with E-state index in [0.717, 1.165) is 47.1 Å². The summed E-state index contributed by atoms with van der Waals surface area (Å²) in [5, 5.41) is 4.34. The number of amides is 1. The molecule has 1 aliphatic heterocycles. The topological polar surface area (TPSA) is 63.7 Å². The van der Waals surface area contributed by atoms with Crippen LogP contribution in [-0.4, -0.2) is 54.1 Å². The number of benzene rings is 2. The van der Waals surface area contributed by atoms with Gasteiger partial charge in [-0.1, -0.05) is 24.3 Å². The molecule has 2 aromatic carbocycles. The lowest BCUT2D eigenvalue weighted by atomic mass is 10.1. The van der Waals surface area contributed by atoms with Gasteiger partial charge in [0.2, 0.25) is 0 Å². The van der Waals surface area contributed by atoms with E-state index in [9.17, 15) is 4.79 Å². The Bertz CT molecular complexity index is 1050. The molecule has 1 aromatic heterocycles. The van der Waals surface area contributed by atoms with Crippen LogP contribution in [0, 0.1) is 0 Å². The van der Waals surface area contributed by atoms with Gasteiger partial charge in [-0.15, -0.1) is 0 Å². The van der Waals surface area contributed by atoms with Gasteiger partial charge in [0.05, 0.1) is 25.1 Å². The van der Waals surface area contributed by atoms with Crippen LogP contribution in [0.5, 0.6) is 11.5 Å². The maximum Gasteiger partial charge on any atom is 0.272 e. The number of ether oxygens (including phenoxy) is 2. The Balaban J connectivity index is 1.80. The lowest BCUT2D eigenvalue weighted by Gasteiger charge is -2.26. The predicted molar refractivity (Wildman–Crippen MR) is 122 cm³/mol. The van der Waals surface area contributed by atoms with Crippen molar-refractivity contribution in [1.29, 1.82) is 0 Å². The molecule has 1 fully saturated rings. The standard InChI is InChI=1S/C23H25N3O3S/c1-3-29-20-9-5-4-8-17(20)24-18-15-19(23(27)26-11-13-30-14-12-26)25-22-16(18)7-6-10-21(22)28-2/h4-10,15H,3,11-14H2,1-2H3,(H,24,25). The van der Waals surface area contributed by atoms with Crippen molar-refractivity contribution in [3.63, 3.8) is 0 Å². The zero-order valence-corrected chi connectivity index (χ0v) is 18.0. The molecule has 0 atom stereocenters. The second-order valence-corrected chi connectivity index (χ2v) is 8.09. The summed E-state index contributed by atoms with van der Waals surface area (Å²) >= 11 is 1.87. The molecule has 0 radical (unpaired) electrons. The van der Waals surface area contributed by atoms with Crippen molar-refractivity contribution < 1.29 is 14.3 Å². The fraction of sp³-hybridized carbons (Fsp3) is 0.304. The van der Waals surface area contributed by atoms with Crippen LogP contribution < -0.4 is 14.8 Å². The van der Waals surface area contributed by atoms with E-state index in [4.69, 9.17) is 9.47 Å². The van der Waals surface area contributed by atoms with Crippen LogP contribution in [0.1, 0.15) is 17.4 Å². The van der Waals surface area contributed by atoms with Crippen molar-refractivity contribution >= 4 is 39.9 Å². The number of carbonyl (C=O) groups is 1. The van der Waals surface area contributed by atoms with Crippen LogP contribution in [0.15, 0.2) is 48.5 Å². The summed E-state index contributed by atoms with van der Waals surface area (Å²) in [6.45, 7) is 4.01. The third-order valence-electron chi connectivity index (χ3n) is 5.00. The van der Waals surface area contributed by atoms with Crippen molar-refractivity contribution in [1.82, 2.24) is 9.88 Å². The first-order valence-electron chi connectivity index (χ1n) is 10.0. The van der Waals surface area contributed by atoms with E-state index in [1.807, 2.05) is 72.1 Å². The summed E-state index contributed by atoms with van der Waals surface area (Å²) in [6.07, 6.45) is 0. The smallest absolute Gasteiger partial charge is 0.272 e. The monoisotopic (exact) mass is 423 g/mol. The summed E-state index contributed by atoms with van der Waals surface area (Å²) in [4.78, 5) is 19.7. The molecule has 6 nitrogen and oxygen atoms in total. The number of carbonyl (C=O) groups excluding carboxylic acids is 1. The van der Waals surface area contributed by atoms with E-state index >= 15 is 0 Å². The third-order valence-corrected chi connectivity index (χ3v) is 5.94. The summed E-state index contributed by atoms with van der Waals surface area (Å²) in [5.41, 5.74) is 2.70. The Hall–Kier alpha value is -2.93. The SMILES string of the molecule is CCOc1ccccc1Nc1cc(C(=O)N2CCSCC2)nc2c(OC)cccc12. The van der Waals surface area contributed by atoms with Crippen molar-refractivity contribution in [3.05, 3.63) is 54.2 Å². The van der Waals surface area contributed by atoms with Crippen molar-refractivity contribution in [2.75, 3.05) is 43.6 Å². The number of para-hydroxylation sites is 3. The Morgan fingerprint density at radius 2 is 1.87 bits per heavy atom. The van der Waals surface area contributed by atoms with E-state index in [-0.39, 0.29) is 5.91 Å². The first-order valence-corrected chi connectivity index (χ1v) is 11.2. The molecule has 1 aliphatic rings. The molecular weight excluding hydrogens is 398 g/mol. The number of hydrogen-bond donors (Lipinski definition) is 1. The third kappa shape index (κ3) is 4.16. The maximum absolute atomic E-state index is 13.2. The highest BCUT2D eigenvalue weighted by Gasteiger charge is 2.22. The number of aromatic nitrogens is 1. The highest BCUT2D eigenvalue weighted by atomic mass is 32.2. The number of hydrogen-bond acceptors (Lipinski definition) is 6. The molecule has 0 unspecified atom stereocenters. The molecule has 30 heavy (non-hydrogen) atoms. The molecule has 156 valence electrons. The lowest BCUT2D eigenvalue weighted by molar-refractivity contribution is 0.0767. The first kappa shape index (κ1) is 20.3. The number of thioether (sulfide) groups is 1. The van der Waals surface area contributed by atoms with Gasteiger partial charge in [0.25, 0.3) is 5.91 Å². The van der Waals surface area contributed by atoms with Gasteiger partial charge in [0.1, 0.15) is 22.7 Å². The number of nitrogens with one attached hydrogen (secondary N) is 1. The Morgan fingerprint density at radius 1 is 1.10 bits per heavy atom. The first-order chi connectivity index (χ1) is 14.7. The van der Waals surface area contributed by atoms with Crippen LogP contribution in [0.4, 0.5) is 11.4 Å². The van der Waals surface area contributed by atoms with E-state index in [1.165, 1.54) is 0 Å². The highest BCUT2D eigenvalue weighted by molar-refractivity contribution is 7.99. The summed E-state index contributed by atoms with van der Waals surface area (Å²) in [7, 11) is 1.62. The molecule has 0 aliphatic carbocycles. The average molecular weight is 424 g/mol. The minimum Gasteiger partial charge on any atom is -0.494 e. The van der Waals surface area contributed by atoms with Crippen LogP contribution in [-0.2, 0) is 0 Å². The quantitative estimate of drug-likeness (QED) is 0.626. The van der Waals surface area contributed by atoms with Crippen LogP contribution in [0.25, 0.3) is 10.9 Å². The molecule has 4 rings (SSSR count). The van der Waals surface area contributed by atoms with Gasteiger partial charge < -0.3 is 19.7 Å². The van der Waals surface area contributed by atoms with Crippen molar-refractivity contribution in [3.8, 4) is 11.5 Å². The zero-order valence-electron chi connectivity index (χ0n) is 17.2. The van der Waals surface area contributed by atoms with Crippen LogP contribution in [0.3, 0.4) is 0 Å². The minimum atomic E-state index is -0.0516. The number of methoxy groups -OCH3 is 1. The summed E-state index contributed by atoms with van der Waals surface area (Å²) in [6, 6.07) is 15.4. The van der Waals surface area contributed by atoms with E-state index < -0.39 is 0 Å². The Morgan fingerprint density at radius 3 is 2.63 bits per heavy atom. The zero-order chi connectivity index (χ0) is 20.9. The van der Waals surface area contributed by atoms with Crippen LogP contribution in [0.2, 0.25) is 0 Å². The number of fused-ring (bicyclic) bond motifs is 1. The molecule has 0 saturated carbocycles. The second kappa shape index (κ2) is 9.26. The van der Waals surface area contributed by atoms with E-state index in [0.29, 0.717) is 23.6 Å². The molecule has 0 spiro atoms. The Kier molecular flexibility index (Phi) is 6.28. The number of pyridine rings is 1. The molecule has 0 bridgehead atoms. The van der Waals surface area contributed by atoms with Gasteiger partial charge in [0.15, 0.2) is 0 Å². The van der Waals surface area contributed by atoms with Crippen molar-refractivity contribution in [2.24, 2.45) is 0 Å². The maximum atomic E-state index is 13.2. The van der Waals surface area contributed by atoms with Gasteiger partial charge in [0, 0.05) is 30.0 Å². The lowest BCUT2D eigenvalue weighted by Crippen LogP contribution is -2.38. The van der Waals surface area contributed by atoms with E-state index in [2.05, 4.69) is 10.3 Å². The van der Waals surface area contributed by atoms with Crippen molar-refractivity contribution in [2.45, 2.75) is 6.92 Å². The van der Waals surface area contributed by atoms with Gasteiger partial charge in [-0.25, -0.2) is 4.98 Å². The number of rotatable bonds is 6. The number of anilines is 2. The average Bonchev–Trinajstić information content (AvgIpc) is 2.80. The summed E-state index contributed by atoms with van der Waals surface area (Å²) in [5.74, 6) is 3.25. The predicted octanol–water partition coefficient (Wildman–Crippen LogP) is 4.57. The molecule has 1 amide bonds. The van der Waals surface area contributed by atoms with E-state index in [1.54, 1.807) is 7.11 Å². The molecule has 3 aromatic rings. The highest BCUT2D eigenvalue weighted by Crippen LogP contribution is 2.34. The normalized spacial score (nSPS) is 13.9. The molecule has 1 N–H and O–H groups in total. The fourth-order valence-corrected chi connectivity index (χ4v) is 4.43. The molecule has 7 heteroatoms. The summed E-state index contributed by atoms with van der Waals surface area (Å²) < 4.78 is 11.3. The van der Waals surface area contributed by atoms with Gasteiger partial charge in [-0.2, -0.15) is 11.8 Å². The van der Waals surface area contributed by atoms with Gasteiger partial charge >= 0.3 is 0 Å². The molecule has 2 heterocycles. The largest absolute Gasteiger partial charge is 0.494 e. The number of nitrogens with zero attached hydrogens (tertiary/aromatic N) is 2. The molecule has 1 saturated heterocycles. The van der Waals surface area contributed by atoms with Gasteiger partial charge in [-0.05, 0) is 31.2 Å². The van der Waals surface area contributed by atoms with Gasteiger partial charge in [-0.3, -0.25) is 4.79 Å². The van der Waals surface area contributed by atoms with Crippen LogP contribution >= 0.6 is 11.8 Å². The fourth-order valence-electron chi connectivity index (χ4n) is 3.52. The minimum absolute atomic E-state index is 0.0516.